The maximum Gasteiger partial charge on any atom is 0.0449 e. The van der Waals surface area contributed by atoms with Crippen molar-refractivity contribution >= 4 is 56.5 Å². The van der Waals surface area contributed by atoms with Crippen LogP contribution >= 0.6 is 45.3 Å². The van der Waals surface area contributed by atoms with Gasteiger partial charge in [0.1, 0.15) is 0 Å². The van der Waals surface area contributed by atoms with Crippen molar-refractivity contribution in [3.05, 3.63) is 159 Å². The van der Waals surface area contributed by atoms with Crippen LogP contribution in [0.25, 0.3) is 11.1 Å². The first kappa shape index (κ1) is 21.5. The third kappa shape index (κ3) is 4.26. The Bertz CT molecular complexity index is 1590. The van der Waals surface area contributed by atoms with Gasteiger partial charge >= 0.3 is 0 Å². The molecule has 4 heteroatoms. The van der Waals surface area contributed by atoms with Gasteiger partial charge in [-0.1, -0.05) is 72.8 Å². The van der Waals surface area contributed by atoms with Crippen LogP contribution in [0, 0.1) is 9.06 Å². The number of thiophene rings is 4. The van der Waals surface area contributed by atoms with Crippen molar-refractivity contribution < 1.29 is 0 Å². The Labute approximate surface area is 214 Å². The van der Waals surface area contributed by atoms with Gasteiger partial charge in [-0.3, -0.25) is 0 Å². The molecular weight excluding hydrogens is 489 g/mol. The molecule has 34 heavy (non-hydrogen) atoms. The van der Waals surface area contributed by atoms with E-state index in [1.165, 1.54) is 50.2 Å². The van der Waals surface area contributed by atoms with Gasteiger partial charge in [0.15, 0.2) is 0 Å². The lowest BCUT2D eigenvalue weighted by molar-refractivity contribution is 1.59. The van der Waals surface area contributed by atoms with Crippen LogP contribution < -0.4 is 9.06 Å². The molecule has 4 heterocycles. The summed E-state index contributed by atoms with van der Waals surface area (Å²) in [5, 5.41) is 4.31. The maximum absolute atomic E-state index is 2.28. The highest BCUT2D eigenvalue weighted by molar-refractivity contribution is 7.13. The summed E-state index contributed by atoms with van der Waals surface area (Å²) in [7, 11) is 0. The Morgan fingerprint density at radius 3 is 1.24 bits per heavy atom. The average molecular weight is 509 g/mol. The van der Waals surface area contributed by atoms with E-state index in [1.54, 1.807) is 22.7 Å². The molecule has 0 N–H and O–H groups in total. The van der Waals surface area contributed by atoms with E-state index in [2.05, 4.69) is 120 Å². The van der Waals surface area contributed by atoms with E-state index in [0.717, 1.165) is 0 Å². The molecule has 0 saturated carbocycles. The quantitative estimate of drug-likeness (QED) is 0.229. The molecule has 0 atom stereocenters. The molecule has 0 amide bonds. The molecule has 0 spiro atoms. The molecule has 0 aliphatic carbocycles. The smallest absolute Gasteiger partial charge is 0.0449 e. The van der Waals surface area contributed by atoms with E-state index in [4.69, 9.17) is 0 Å². The predicted octanol–water partition coefficient (Wildman–Crippen LogP) is 7.71. The molecule has 6 rings (SSSR count). The summed E-state index contributed by atoms with van der Waals surface area (Å²) < 4.78 is 5.25. The van der Waals surface area contributed by atoms with E-state index in [1.807, 2.05) is 22.7 Å². The molecule has 0 fully saturated rings. The molecular formula is C30H20S4. The highest BCUT2D eigenvalue weighted by Crippen LogP contribution is 2.27. The highest BCUT2D eigenvalue weighted by Gasteiger charge is 2.10. The zero-order valence-electron chi connectivity index (χ0n) is 18.2. The fraction of sp³-hybridized carbons (Fsp3) is 0. The SMILES string of the molecule is c1ccc(/C(c2cccs2)=c2\cc/c(=c3\cc/c(=C(\c4ccccc4)c4cccs4)s3)s2)cc1. The first-order valence-electron chi connectivity index (χ1n) is 11.0. The van der Waals surface area contributed by atoms with Crippen molar-refractivity contribution in [2.75, 3.05) is 0 Å². The molecule has 0 nitrogen and oxygen atoms in total. The Morgan fingerprint density at radius 2 is 0.853 bits per heavy atom. The van der Waals surface area contributed by atoms with E-state index in [0.29, 0.717) is 0 Å². The minimum Gasteiger partial charge on any atom is -0.144 e. The number of hydrogen-bond acceptors (Lipinski definition) is 4. The minimum atomic E-state index is 1.27. The zero-order chi connectivity index (χ0) is 22.7. The zero-order valence-corrected chi connectivity index (χ0v) is 21.4. The Balaban J connectivity index is 1.60. The first-order valence-corrected chi connectivity index (χ1v) is 14.4. The lowest BCUT2D eigenvalue weighted by Gasteiger charge is -2.04. The van der Waals surface area contributed by atoms with E-state index >= 15 is 0 Å². The van der Waals surface area contributed by atoms with Crippen LogP contribution in [0.15, 0.2) is 120 Å². The monoisotopic (exact) mass is 508 g/mol. The van der Waals surface area contributed by atoms with E-state index in [9.17, 15) is 0 Å². The first-order chi connectivity index (χ1) is 16.9. The number of hydrogen-bond donors (Lipinski definition) is 0. The average Bonchev–Trinajstić information content (AvgIpc) is 3.69. The van der Waals surface area contributed by atoms with Gasteiger partial charge in [0.05, 0.1) is 0 Å². The Morgan fingerprint density at radius 1 is 0.412 bits per heavy atom. The van der Waals surface area contributed by atoms with Gasteiger partial charge < -0.3 is 0 Å². The second-order valence-corrected chi connectivity index (χ2v) is 11.8. The lowest BCUT2D eigenvalue weighted by Crippen LogP contribution is -2.01. The summed E-state index contributed by atoms with van der Waals surface area (Å²) in [4.78, 5) is 2.62. The van der Waals surface area contributed by atoms with Crippen LogP contribution in [0.2, 0.25) is 0 Å². The standard InChI is InChI=1S/C30H20S4/c1-3-9-21(10-4-1)29(25-13-7-19-31-25)27-17-15-23(33-27)24-16-18-28(34-24)30(26-14-8-20-32-26)22-11-5-2-6-12-22/h1-20H/b24-23-,29-27-,30-28-. The molecule has 4 aromatic heterocycles. The van der Waals surface area contributed by atoms with Gasteiger partial charge in [-0.2, -0.15) is 0 Å². The van der Waals surface area contributed by atoms with Crippen molar-refractivity contribution in [3.8, 4) is 0 Å². The van der Waals surface area contributed by atoms with Crippen LogP contribution in [0.5, 0.6) is 0 Å². The summed E-state index contributed by atoms with van der Waals surface area (Å²) in [5.74, 6) is 0. The largest absolute Gasteiger partial charge is 0.144 e. The summed E-state index contributed by atoms with van der Waals surface area (Å²) in [6, 6.07) is 39.3. The van der Waals surface area contributed by atoms with Crippen molar-refractivity contribution in [3.63, 3.8) is 0 Å². The van der Waals surface area contributed by atoms with Crippen LogP contribution in [0.1, 0.15) is 20.9 Å². The van der Waals surface area contributed by atoms with Crippen molar-refractivity contribution in [2.24, 2.45) is 0 Å². The van der Waals surface area contributed by atoms with Gasteiger partial charge in [-0.15, -0.1) is 45.3 Å². The van der Waals surface area contributed by atoms with Crippen molar-refractivity contribution in [1.82, 2.24) is 0 Å². The molecule has 0 bridgehead atoms. The Hall–Kier alpha value is -3.02. The molecule has 0 saturated heterocycles. The topological polar surface area (TPSA) is 0 Å². The third-order valence-electron chi connectivity index (χ3n) is 5.61. The predicted molar refractivity (Wildman–Crippen MR) is 150 cm³/mol. The van der Waals surface area contributed by atoms with Crippen LogP contribution in [0.4, 0.5) is 0 Å². The fourth-order valence-corrected chi connectivity index (χ4v) is 8.08. The van der Waals surface area contributed by atoms with Gasteiger partial charge in [0.2, 0.25) is 0 Å². The van der Waals surface area contributed by atoms with Crippen LogP contribution in [0.3, 0.4) is 0 Å². The summed E-state index contributed by atoms with van der Waals surface area (Å²) in [6.07, 6.45) is 0. The molecule has 6 aromatic rings. The van der Waals surface area contributed by atoms with Gasteiger partial charge in [0, 0.05) is 39.0 Å². The minimum absolute atomic E-state index is 1.27. The summed E-state index contributed by atoms with van der Waals surface area (Å²) in [5.41, 5.74) is 5.17. The maximum atomic E-state index is 2.28. The molecule has 0 unspecified atom stereocenters. The van der Waals surface area contributed by atoms with E-state index < -0.39 is 0 Å². The van der Waals surface area contributed by atoms with Crippen LogP contribution in [-0.4, -0.2) is 0 Å². The van der Waals surface area contributed by atoms with Gasteiger partial charge in [0.25, 0.3) is 0 Å². The normalized spacial score (nSPS) is 14.1. The van der Waals surface area contributed by atoms with Crippen molar-refractivity contribution in [1.29, 1.82) is 0 Å². The van der Waals surface area contributed by atoms with E-state index in [-0.39, 0.29) is 0 Å². The number of benzene rings is 2. The second-order valence-electron chi connectivity index (χ2n) is 7.76. The number of rotatable bonds is 4. The molecule has 0 radical (unpaired) electrons. The summed E-state index contributed by atoms with van der Waals surface area (Å²) >= 11 is 7.36. The molecule has 0 aliphatic heterocycles. The molecule has 2 aromatic carbocycles. The lowest BCUT2D eigenvalue weighted by atomic mass is 10.1. The van der Waals surface area contributed by atoms with Crippen LogP contribution in [-0.2, 0) is 0 Å². The summed E-state index contributed by atoms with van der Waals surface area (Å²) in [6.45, 7) is 0. The van der Waals surface area contributed by atoms with Gasteiger partial charge in [-0.05, 0) is 58.3 Å². The third-order valence-corrected chi connectivity index (χ3v) is 9.78. The molecule has 0 aliphatic rings. The fourth-order valence-electron chi connectivity index (χ4n) is 4.07. The van der Waals surface area contributed by atoms with Gasteiger partial charge in [-0.25, -0.2) is 0 Å². The molecule has 164 valence electrons. The Kier molecular flexibility index (Phi) is 6.13. The highest BCUT2D eigenvalue weighted by atomic mass is 32.1. The van der Waals surface area contributed by atoms with Crippen molar-refractivity contribution in [2.45, 2.75) is 0 Å². The second kappa shape index (κ2) is 9.69.